The van der Waals surface area contributed by atoms with E-state index in [0.29, 0.717) is 0 Å². The van der Waals surface area contributed by atoms with E-state index in [-0.39, 0.29) is 0 Å². The Kier molecular flexibility index (Phi) is 3.57. The van der Waals surface area contributed by atoms with Crippen LogP contribution in [0.4, 0.5) is 0 Å². The van der Waals surface area contributed by atoms with Crippen LogP contribution in [-0.2, 0) is 13.6 Å². The van der Waals surface area contributed by atoms with E-state index in [1.54, 1.807) is 0 Å². The molecule has 0 aliphatic heterocycles. The molecule has 2 aromatic rings. The number of benzene rings is 1. The van der Waals surface area contributed by atoms with Gasteiger partial charge in [0.1, 0.15) is 5.82 Å². The van der Waals surface area contributed by atoms with Crippen LogP contribution >= 0.6 is 0 Å². The molecule has 0 fully saturated rings. The predicted molar refractivity (Wildman–Crippen MR) is 67.3 cm³/mol. The fourth-order valence-corrected chi connectivity index (χ4v) is 1.86. The lowest BCUT2D eigenvalue weighted by Crippen LogP contribution is -2.17. The maximum Gasteiger partial charge on any atom is 0.123 e. The second-order valence-corrected chi connectivity index (χ2v) is 4.11. The van der Waals surface area contributed by atoms with Crippen LogP contribution < -0.4 is 5.32 Å². The molecular formula is C13H19N3. The maximum absolute atomic E-state index is 4.61. The molecule has 3 nitrogen and oxygen atoms in total. The highest BCUT2D eigenvalue weighted by atomic mass is 15.1. The first-order valence-electron chi connectivity index (χ1n) is 5.94. The van der Waals surface area contributed by atoms with Crippen molar-refractivity contribution in [3.63, 3.8) is 0 Å². The van der Waals surface area contributed by atoms with Gasteiger partial charge in [-0.15, -0.1) is 0 Å². The maximum atomic E-state index is 4.61. The van der Waals surface area contributed by atoms with Crippen LogP contribution in [0.2, 0.25) is 0 Å². The number of nitrogens with zero attached hydrogens (tertiary/aromatic N) is 2. The summed E-state index contributed by atoms with van der Waals surface area (Å²) in [4.78, 5) is 4.61. The number of para-hydroxylation sites is 2. The minimum atomic E-state index is 0.852. The lowest BCUT2D eigenvalue weighted by molar-refractivity contribution is 0.611. The van der Waals surface area contributed by atoms with Crippen molar-refractivity contribution in [3.8, 4) is 0 Å². The van der Waals surface area contributed by atoms with Crippen LogP contribution in [0.3, 0.4) is 0 Å². The largest absolute Gasteiger partial charge is 0.330 e. The Morgan fingerprint density at radius 3 is 2.88 bits per heavy atom. The minimum absolute atomic E-state index is 0.852. The van der Waals surface area contributed by atoms with Crippen molar-refractivity contribution in [1.29, 1.82) is 0 Å². The number of hydrogen-bond donors (Lipinski definition) is 1. The van der Waals surface area contributed by atoms with Gasteiger partial charge < -0.3 is 9.88 Å². The van der Waals surface area contributed by atoms with Crippen molar-refractivity contribution < 1.29 is 0 Å². The fourth-order valence-electron chi connectivity index (χ4n) is 1.86. The Balaban J connectivity index is 2.09. The number of fused-ring (bicyclic) bond motifs is 1. The zero-order chi connectivity index (χ0) is 11.4. The highest BCUT2D eigenvalue weighted by Gasteiger charge is 2.05. The van der Waals surface area contributed by atoms with Crippen LogP contribution in [0, 0.1) is 0 Å². The lowest BCUT2D eigenvalue weighted by atomic mass is 10.3. The third-order valence-electron chi connectivity index (χ3n) is 2.87. The van der Waals surface area contributed by atoms with Crippen LogP contribution in [0.1, 0.15) is 25.6 Å². The zero-order valence-corrected chi connectivity index (χ0v) is 10.0. The first-order chi connectivity index (χ1) is 7.83. The highest BCUT2D eigenvalue weighted by molar-refractivity contribution is 5.75. The standard InChI is InChI=1S/C13H19N3/c1-3-4-9-14-10-13-15-11-7-5-6-8-12(11)16(13)2/h5-8,14H,3-4,9-10H2,1-2H3. The summed E-state index contributed by atoms with van der Waals surface area (Å²) in [6.45, 7) is 4.13. The summed E-state index contributed by atoms with van der Waals surface area (Å²) < 4.78 is 2.16. The highest BCUT2D eigenvalue weighted by Crippen LogP contribution is 2.13. The van der Waals surface area contributed by atoms with E-state index < -0.39 is 0 Å². The van der Waals surface area contributed by atoms with Crippen molar-refractivity contribution in [2.24, 2.45) is 7.05 Å². The zero-order valence-electron chi connectivity index (χ0n) is 10.0. The molecule has 16 heavy (non-hydrogen) atoms. The summed E-state index contributed by atoms with van der Waals surface area (Å²) in [6, 6.07) is 8.25. The van der Waals surface area contributed by atoms with Crippen LogP contribution in [0.25, 0.3) is 11.0 Å². The molecular weight excluding hydrogens is 198 g/mol. The van der Waals surface area contributed by atoms with E-state index in [1.165, 1.54) is 18.4 Å². The number of aryl methyl sites for hydroxylation is 1. The first kappa shape index (κ1) is 11.1. The Morgan fingerprint density at radius 1 is 1.31 bits per heavy atom. The molecule has 0 aliphatic rings. The second-order valence-electron chi connectivity index (χ2n) is 4.11. The van der Waals surface area contributed by atoms with E-state index in [1.807, 2.05) is 6.07 Å². The fraction of sp³-hybridized carbons (Fsp3) is 0.462. The van der Waals surface area contributed by atoms with Gasteiger partial charge in [-0.25, -0.2) is 4.98 Å². The van der Waals surface area contributed by atoms with E-state index in [2.05, 4.69) is 47.0 Å². The van der Waals surface area contributed by atoms with Crippen molar-refractivity contribution in [3.05, 3.63) is 30.1 Å². The smallest absolute Gasteiger partial charge is 0.123 e. The second kappa shape index (κ2) is 5.12. The van der Waals surface area contributed by atoms with Gasteiger partial charge in [0, 0.05) is 7.05 Å². The van der Waals surface area contributed by atoms with Crippen molar-refractivity contribution >= 4 is 11.0 Å². The van der Waals surface area contributed by atoms with Crippen molar-refractivity contribution in [2.45, 2.75) is 26.3 Å². The Labute approximate surface area is 96.5 Å². The van der Waals surface area contributed by atoms with Gasteiger partial charge in [0.15, 0.2) is 0 Å². The molecule has 0 saturated carbocycles. The minimum Gasteiger partial charge on any atom is -0.330 e. The Morgan fingerprint density at radius 2 is 2.12 bits per heavy atom. The molecule has 3 heteroatoms. The summed E-state index contributed by atoms with van der Waals surface area (Å²) in [5, 5.41) is 3.42. The van der Waals surface area contributed by atoms with Gasteiger partial charge in [0.2, 0.25) is 0 Å². The van der Waals surface area contributed by atoms with E-state index in [9.17, 15) is 0 Å². The number of hydrogen-bond acceptors (Lipinski definition) is 2. The molecule has 1 aromatic heterocycles. The Hall–Kier alpha value is -1.35. The average Bonchev–Trinajstić information content (AvgIpc) is 2.63. The molecule has 1 heterocycles. The van der Waals surface area contributed by atoms with E-state index in [0.717, 1.165) is 24.4 Å². The van der Waals surface area contributed by atoms with Crippen LogP contribution in [0.5, 0.6) is 0 Å². The van der Waals surface area contributed by atoms with Gasteiger partial charge in [0.05, 0.1) is 17.6 Å². The van der Waals surface area contributed by atoms with E-state index in [4.69, 9.17) is 0 Å². The van der Waals surface area contributed by atoms with Gasteiger partial charge in [-0.2, -0.15) is 0 Å². The molecule has 0 unspecified atom stereocenters. The summed E-state index contributed by atoms with van der Waals surface area (Å²) in [5.74, 6) is 1.11. The van der Waals surface area contributed by atoms with Gasteiger partial charge in [-0.3, -0.25) is 0 Å². The molecule has 0 atom stereocenters. The van der Waals surface area contributed by atoms with Gasteiger partial charge in [-0.05, 0) is 25.1 Å². The third kappa shape index (κ3) is 2.25. The lowest BCUT2D eigenvalue weighted by Gasteiger charge is -2.03. The van der Waals surface area contributed by atoms with E-state index >= 15 is 0 Å². The molecule has 0 radical (unpaired) electrons. The summed E-state index contributed by atoms with van der Waals surface area (Å²) in [7, 11) is 2.08. The summed E-state index contributed by atoms with van der Waals surface area (Å²) in [6.07, 6.45) is 2.46. The molecule has 0 aliphatic carbocycles. The van der Waals surface area contributed by atoms with Gasteiger partial charge >= 0.3 is 0 Å². The van der Waals surface area contributed by atoms with Crippen LogP contribution in [0.15, 0.2) is 24.3 Å². The topological polar surface area (TPSA) is 29.9 Å². The molecule has 2 rings (SSSR count). The SMILES string of the molecule is CCCCNCc1nc2ccccc2n1C. The molecule has 0 spiro atoms. The Bertz CT molecular complexity index is 459. The molecule has 1 N–H and O–H groups in total. The number of aromatic nitrogens is 2. The number of imidazole rings is 1. The molecule has 0 saturated heterocycles. The molecule has 0 amide bonds. The summed E-state index contributed by atoms with van der Waals surface area (Å²) in [5.41, 5.74) is 2.28. The van der Waals surface area contributed by atoms with Crippen molar-refractivity contribution in [1.82, 2.24) is 14.9 Å². The predicted octanol–water partition coefficient (Wildman–Crippen LogP) is 2.46. The molecule has 86 valence electrons. The van der Waals surface area contributed by atoms with Crippen LogP contribution in [-0.4, -0.2) is 16.1 Å². The van der Waals surface area contributed by atoms with Gasteiger partial charge in [0.25, 0.3) is 0 Å². The number of rotatable bonds is 5. The normalized spacial score (nSPS) is 11.1. The monoisotopic (exact) mass is 217 g/mol. The van der Waals surface area contributed by atoms with Gasteiger partial charge in [-0.1, -0.05) is 25.5 Å². The summed E-state index contributed by atoms with van der Waals surface area (Å²) >= 11 is 0. The number of nitrogens with one attached hydrogen (secondary N) is 1. The third-order valence-corrected chi connectivity index (χ3v) is 2.87. The first-order valence-corrected chi connectivity index (χ1v) is 5.94. The molecule has 1 aromatic carbocycles. The number of unbranched alkanes of at least 4 members (excludes halogenated alkanes) is 1. The molecule has 0 bridgehead atoms. The average molecular weight is 217 g/mol. The van der Waals surface area contributed by atoms with Crippen molar-refractivity contribution in [2.75, 3.05) is 6.54 Å². The quantitative estimate of drug-likeness (QED) is 0.780.